The maximum absolute atomic E-state index is 11.7. The van der Waals surface area contributed by atoms with E-state index in [-0.39, 0.29) is 5.91 Å². The first-order valence-electron chi connectivity index (χ1n) is 6.00. The van der Waals surface area contributed by atoms with Crippen LogP contribution in [0.2, 0.25) is 0 Å². The Kier molecular flexibility index (Phi) is 3.50. The van der Waals surface area contributed by atoms with Crippen molar-refractivity contribution in [3.05, 3.63) is 35.4 Å². The summed E-state index contributed by atoms with van der Waals surface area (Å²) in [7, 11) is 0. The number of carbonyl (C=O) groups excluding carboxylic acids is 1. The summed E-state index contributed by atoms with van der Waals surface area (Å²) in [5, 5.41) is 0. The van der Waals surface area contributed by atoms with Crippen molar-refractivity contribution < 1.29 is 4.79 Å². The molecule has 2 rings (SSSR count). The van der Waals surface area contributed by atoms with Crippen molar-refractivity contribution in [3.63, 3.8) is 0 Å². The van der Waals surface area contributed by atoms with Crippen molar-refractivity contribution in [2.24, 2.45) is 4.99 Å². The minimum Gasteiger partial charge on any atom is -0.267 e. The first-order valence-corrected chi connectivity index (χ1v) is 6.00. The molecule has 0 aliphatic carbocycles. The van der Waals surface area contributed by atoms with Crippen LogP contribution in [0.25, 0.3) is 0 Å². The van der Waals surface area contributed by atoms with Crippen molar-refractivity contribution in [2.45, 2.75) is 39.0 Å². The van der Waals surface area contributed by atoms with Crippen LogP contribution in [-0.4, -0.2) is 11.6 Å². The lowest BCUT2D eigenvalue weighted by atomic mass is 9.96. The lowest BCUT2D eigenvalue weighted by Gasteiger charge is -2.14. The Bertz CT molecular complexity index is 420. The third kappa shape index (κ3) is 2.38. The molecule has 0 unspecified atom stereocenters. The number of fused-ring (bicyclic) bond motifs is 1. The summed E-state index contributed by atoms with van der Waals surface area (Å²) in [6, 6.07) is 7.78. The summed E-state index contributed by atoms with van der Waals surface area (Å²) in [6.07, 6.45) is 5.39. The number of carbonyl (C=O) groups is 1. The van der Waals surface area contributed by atoms with Crippen LogP contribution in [0.15, 0.2) is 29.3 Å². The summed E-state index contributed by atoms with van der Waals surface area (Å²) in [5.41, 5.74) is 2.97. The Labute approximate surface area is 96.4 Å². The zero-order valence-electron chi connectivity index (χ0n) is 9.70. The normalized spacial score (nSPS) is 14.6. The molecule has 16 heavy (non-hydrogen) atoms. The molecule has 0 spiro atoms. The summed E-state index contributed by atoms with van der Waals surface area (Å²) in [4.78, 5) is 15.9. The molecule has 0 atom stereocenters. The van der Waals surface area contributed by atoms with Gasteiger partial charge in [-0.25, -0.2) is 4.99 Å². The van der Waals surface area contributed by atoms with Gasteiger partial charge in [-0.15, -0.1) is 0 Å². The van der Waals surface area contributed by atoms with E-state index in [9.17, 15) is 4.79 Å². The number of nitrogens with zero attached hydrogens (tertiary/aromatic N) is 1. The third-order valence-corrected chi connectivity index (χ3v) is 2.97. The molecule has 1 aromatic carbocycles. The van der Waals surface area contributed by atoms with E-state index in [0.717, 1.165) is 36.1 Å². The van der Waals surface area contributed by atoms with Crippen LogP contribution in [0.5, 0.6) is 0 Å². The standard InChI is InChI=1S/C14H17NO/c1-2-3-4-8-12-10-11-7-5-6-9-13(11)14(16)15-12/h5-7,9H,2-4,8,10H2,1H3. The van der Waals surface area contributed by atoms with E-state index in [4.69, 9.17) is 0 Å². The second-order valence-electron chi connectivity index (χ2n) is 4.27. The van der Waals surface area contributed by atoms with Gasteiger partial charge in [0.2, 0.25) is 0 Å². The van der Waals surface area contributed by atoms with Crippen LogP contribution in [-0.2, 0) is 6.42 Å². The highest BCUT2D eigenvalue weighted by molar-refractivity contribution is 6.09. The molecule has 0 fully saturated rings. The Balaban J connectivity index is 2.08. The van der Waals surface area contributed by atoms with Gasteiger partial charge < -0.3 is 0 Å². The number of hydrogen-bond acceptors (Lipinski definition) is 1. The molecule has 0 saturated heterocycles. The van der Waals surface area contributed by atoms with E-state index < -0.39 is 0 Å². The van der Waals surface area contributed by atoms with Crippen LogP contribution >= 0.6 is 0 Å². The van der Waals surface area contributed by atoms with Gasteiger partial charge in [0.25, 0.3) is 5.91 Å². The van der Waals surface area contributed by atoms with E-state index in [0.29, 0.717) is 0 Å². The average molecular weight is 215 g/mol. The van der Waals surface area contributed by atoms with Crippen LogP contribution in [0.1, 0.15) is 48.5 Å². The van der Waals surface area contributed by atoms with Gasteiger partial charge in [0.1, 0.15) is 0 Å². The van der Waals surface area contributed by atoms with Gasteiger partial charge in [0.15, 0.2) is 0 Å². The van der Waals surface area contributed by atoms with Crippen LogP contribution in [0.4, 0.5) is 0 Å². The van der Waals surface area contributed by atoms with Gasteiger partial charge >= 0.3 is 0 Å². The smallest absolute Gasteiger partial charge is 0.267 e. The largest absolute Gasteiger partial charge is 0.277 e. The molecule has 1 aliphatic heterocycles. The predicted molar refractivity (Wildman–Crippen MR) is 66.1 cm³/mol. The lowest BCUT2D eigenvalue weighted by molar-refractivity contribution is 0.1000. The average Bonchev–Trinajstić information content (AvgIpc) is 2.30. The van der Waals surface area contributed by atoms with Crippen LogP contribution in [0, 0.1) is 0 Å². The van der Waals surface area contributed by atoms with E-state index in [1.165, 1.54) is 12.8 Å². The van der Waals surface area contributed by atoms with Gasteiger partial charge in [-0.1, -0.05) is 38.0 Å². The molecular formula is C14H17NO. The molecule has 1 aliphatic rings. The Morgan fingerprint density at radius 3 is 2.88 bits per heavy atom. The summed E-state index contributed by atoms with van der Waals surface area (Å²) in [5.74, 6) is -0.0617. The second kappa shape index (κ2) is 5.06. The molecule has 0 radical (unpaired) electrons. The molecule has 0 N–H and O–H groups in total. The monoisotopic (exact) mass is 215 g/mol. The highest BCUT2D eigenvalue weighted by Crippen LogP contribution is 2.18. The summed E-state index contributed by atoms with van der Waals surface area (Å²) in [6.45, 7) is 2.18. The predicted octanol–water partition coefficient (Wildman–Crippen LogP) is 3.40. The maximum Gasteiger partial charge on any atom is 0.277 e. The molecule has 0 aromatic heterocycles. The molecule has 84 valence electrons. The molecule has 2 heteroatoms. The zero-order chi connectivity index (χ0) is 11.4. The molecule has 1 aromatic rings. The van der Waals surface area contributed by atoms with Crippen LogP contribution in [0.3, 0.4) is 0 Å². The topological polar surface area (TPSA) is 29.4 Å². The Morgan fingerprint density at radius 2 is 2.06 bits per heavy atom. The van der Waals surface area contributed by atoms with E-state index >= 15 is 0 Å². The molecule has 1 heterocycles. The molecule has 1 amide bonds. The zero-order valence-corrected chi connectivity index (χ0v) is 9.70. The van der Waals surface area contributed by atoms with Gasteiger partial charge in [-0.05, 0) is 24.5 Å². The quantitative estimate of drug-likeness (QED) is 0.708. The Hall–Kier alpha value is -1.44. The van der Waals surface area contributed by atoms with Crippen molar-refractivity contribution in [3.8, 4) is 0 Å². The maximum atomic E-state index is 11.7. The molecular weight excluding hydrogens is 198 g/mol. The summed E-state index contributed by atoms with van der Waals surface area (Å²) >= 11 is 0. The van der Waals surface area contributed by atoms with Gasteiger partial charge in [0, 0.05) is 17.7 Å². The minimum absolute atomic E-state index is 0.0617. The lowest BCUT2D eigenvalue weighted by Crippen LogP contribution is -2.16. The van der Waals surface area contributed by atoms with Gasteiger partial charge in [0.05, 0.1) is 0 Å². The summed E-state index contributed by atoms with van der Waals surface area (Å²) < 4.78 is 0. The fourth-order valence-corrected chi connectivity index (χ4v) is 2.07. The van der Waals surface area contributed by atoms with Crippen molar-refractivity contribution in [1.29, 1.82) is 0 Å². The minimum atomic E-state index is -0.0617. The van der Waals surface area contributed by atoms with E-state index in [2.05, 4.69) is 11.9 Å². The molecule has 2 nitrogen and oxygen atoms in total. The number of hydrogen-bond donors (Lipinski definition) is 0. The highest BCUT2D eigenvalue weighted by Gasteiger charge is 2.17. The second-order valence-corrected chi connectivity index (χ2v) is 4.27. The van der Waals surface area contributed by atoms with Crippen molar-refractivity contribution in [2.75, 3.05) is 0 Å². The van der Waals surface area contributed by atoms with Crippen molar-refractivity contribution >= 4 is 11.6 Å². The first kappa shape index (κ1) is 11.1. The van der Waals surface area contributed by atoms with Crippen LogP contribution < -0.4 is 0 Å². The highest BCUT2D eigenvalue weighted by atomic mass is 16.1. The number of amides is 1. The fourth-order valence-electron chi connectivity index (χ4n) is 2.07. The van der Waals surface area contributed by atoms with Gasteiger partial charge in [-0.2, -0.15) is 0 Å². The number of rotatable bonds is 4. The number of aliphatic imine (C=N–C) groups is 1. The third-order valence-electron chi connectivity index (χ3n) is 2.97. The SMILES string of the molecule is CCCCCC1=NC(=O)c2ccccc2C1. The van der Waals surface area contributed by atoms with Gasteiger partial charge in [-0.3, -0.25) is 4.79 Å². The fraction of sp³-hybridized carbons (Fsp3) is 0.429. The van der Waals surface area contributed by atoms with E-state index in [1.807, 2.05) is 24.3 Å². The van der Waals surface area contributed by atoms with E-state index in [1.54, 1.807) is 0 Å². The van der Waals surface area contributed by atoms with Crippen molar-refractivity contribution in [1.82, 2.24) is 0 Å². The number of benzene rings is 1. The number of unbranched alkanes of at least 4 members (excludes halogenated alkanes) is 2. The Morgan fingerprint density at radius 1 is 1.25 bits per heavy atom. The first-order chi connectivity index (χ1) is 7.81. The molecule has 0 bridgehead atoms. The molecule has 0 saturated carbocycles.